The number of hydrogen-bond donors (Lipinski definition) is 1. The zero-order valence-corrected chi connectivity index (χ0v) is 17.9. The number of ether oxygens (including phenoxy) is 2. The van der Waals surface area contributed by atoms with Gasteiger partial charge in [0.05, 0.1) is 23.7 Å². The van der Waals surface area contributed by atoms with Gasteiger partial charge in [0.15, 0.2) is 12.0 Å². The number of nitrogens with one attached hydrogen (secondary N) is 1. The molecule has 31 heavy (non-hydrogen) atoms. The molecule has 0 saturated carbocycles. The number of fused-ring (bicyclic) bond motifs is 3. The molecule has 7 nitrogen and oxygen atoms in total. The SMILES string of the molecule is CCOc1cc2c([nH]c3c(OC(C)C)ccc(C=O)c32)c(OS(=O)(=O)C(F)(F)F)c1C. The topological polar surface area (TPSA) is 94.7 Å². The molecule has 1 N–H and O–H groups in total. The van der Waals surface area contributed by atoms with Gasteiger partial charge in [0.1, 0.15) is 11.5 Å². The van der Waals surface area contributed by atoms with E-state index in [1.54, 1.807) is 26.8 Å². The van der Waals surface area contributed by atoms with E-state index < -0.39 is 21.4 Å². The first-order chi connectivity index (χ1) is 14.4. The molecule has 3 aromatic rings. The number of alkyl halides is 3. The first-order valence-corrected chi connectivity index (χ1v) is 10.7. The number of H-pyrrole nitrogens is 1. The first kappa shape index (κ1) is 22.7. The van der Waals surface area contributed by atoms with Crippen molar-refractivity contribution in [3.63, 3.8) is 0 Å². The lowest BCUT2D eigenvalue weighted by Crippen LogP contribution is -2.28. The molecule has 0 saturated heterocycles. The predicted octanol–water partition coefficient (Wildman–Crippen LogP) is 4.86. The van der Waals surface area contributed by atoms with Gasteiger partial charge in [-0.3, -0.25) is 4.79 Å². The third-order valence-corrected chi connectivity index (χ3v) is 5.42. The van der Waals surface area contributed by atoms with Crippen molar-refractivity contribution in [3.8, 4) is 17.2 Å². The highest BCUT2D eigenvalue weighted by Gasteiger charge is 2.49. The fourth-order valence-corrected chi connectivity index (χ4v) is 3.73. The average molecular weight is 459 g/mol. The highest BCUT2D eigenvalue weighted by atomic mass is 32.2. The maximum atomic E-state index is 13.0. The Bertz CT molecular complexity index is 1260. The van der Waals surface area contributed by atoms with Crippen molar-refractivity contribution >= 4 is 38.2 Å². The molecule has 0 unspecified atom stereocenters. The van der Waals surface area contributed by atoms with Gasteiger partial charge in [-0.05, 0) is 45.9 Å². The van der Waals surface area contributed by atoms with Gasteiger partial charge in [-0.25, -0.2) is 0 Å². The van der Waals surface area contributed by atoms with Gasteiger partial charge in [0.25, 0.3) is 0 Å². The Balaban J connectivity index is 2.45. The molecule has 168 valence electrons. The van der Waals surface area contributed by atoms with Crippen molar-refractivity contribution in [2.45, 2.75) is 39.3 Å². The molecule has 0 aliphatic carbocycles. The van der Waals surface area contributed by atoms with Crippen molar-refractivity contribution in [2.24, 2.45) is 0 Å². The molecule has 0 radical (unpaired) electrons. The third kappa shape index (κ3) is 4.01. The Morgan fingerprint density at radius 3 is 2.39 bits per heavy atom. The Kier molecular flexibility index (Phi) is 5.83. The monoisotopic (exact) mass is 459 g/mol. The van der Waals surface area contributed by atoms with E-state index in [4.69, 9.17) is 9.47 Å². The standard InChI is InChI=1S/C20H20F3NO6S/c1-5-28-15-8-13-16-12(9-25)6-7-14(29-10(2)3)18(16)24-17(13)19(11(15)4)30-31(26,27)20(21,22)23/h6-10,24H,5H2,1-4H3. The molecule has 0 atom stereocenters. The quantitative estimate of drug-likeness (QED) is 0.308. The van der Waals surface area contributed by atoms with E-state index in [1.807, 2.05) is 0 Å². The Morgan fingerprint density at radius 1 is 1.16 bits per heavy atom. The van der Waals surface area contributed by atoms with E-state index in [9.17, 15) is 26.4 Å². The van der Waals surface area contributed by atoms with Crippen LogP contribution >= 0.6 is 0 Å². The normalized spacial score (nSPS) is 12.5. The van der Waals surface area contributed by atoms with Crippen LogP contribution in [0, 0.1) is 6.92 Å². The molecular formula is C20H20F3NO6S. The highest BCUT2D eigenvalue weighted by Crippen LogP contribution is 2.44. The average Bonchev–Trinajstić information content (AvgIpc) is 3.04. The van der Waals surface area contributed by atoms with Crippen molar-refractivity contribution < 1.29 is 40.0 Å². The Morgan fingerprint density at radius 2 is 1.84 bits per heavy atom. The lowest BCUT2D eigenvalue weighted by Gasteiger charge is -2.15. The minimum absolute atomic E-state index is 0.0355. The van der Waals surface area contributed by atoms with Crippen LogP contribution in [0.2, 0.25) is 0 Å². The van der Waals surface area contributed by atoms with Crippen LogP contribution in [0.25, 0.3) is 21.8 Å². The van der Waals surface area contributed by atoms with Gasteiger partial charge >= 0.3 is 15.6 Å². The van der Waals surface area contributed by atoms with Crippen molar-refractivity contribution in [2.75, 3.05) is 6.61 Å². The van der Waals surface area contributed by atoms with Crippen molar-refractivity contribution in [3.05, 3.63) is 29.3 Å². The molecule has 0 aliphatic heterocycles. The number of rotatable bonds is 7. The third-order valence-electron chi connectivity index (χ3n) is 4.47. The van der Waals surface area contributed by atoms with E-state index in [0.29, 0.717) is 22.9 Å². The summed E-state index contributed by atoms with van der Waals surface area (Å²) >= 11 is 0. The lowest BCUT2D eigenvalue weighted by molar-refractivity contribution is -0.0499. The summed E-state index contributed by atoms with van der Waals surface area (Å²) in [6.45, 7) is 6.77. The van der Waals surface area contributed by atoms with Gasteiger partial charge in [-0.15, -0.1) is 0 Å². The number of hydrogen-bond acceptors (Lipinski definition) is 6. The zero-order chi connectivity index (χ0) is 23.1. The van der Waals surface area contributed by atoms with E-state index >= 15 is 0 Å². The second-order valence-electron chi connectivity index (χ2n) is 6.98. The maximum Gasteiger partial charge on any atom is 0.534 e. The van der Waals surface area contributed by atoms with Crippen LogP contribution < -0.4 is 13.7 Å². The zero-order valence-electron chi connectivity index (χ0n) is 17.1. The van der Waals surface area contributed by atoms with E-state index in [2.05, 4.69) is 9.17 Å². The Hall–Kier alpha value is -2.95. The summed E-state index contributed by atoms with van der Waals surface area (Å²) in [6.07, 6.45) is 0.348. The van der Waals surface area contributed by atoms with Crippen LogP contribution in [0.3, 0.4) is 0 Å². The summed E-state index contributed by atoms with van der Waals surface area (Å²) in [5, 5.41) is 0.603. The Labute approximate surface area is 176 Å². The number of carbonyl (C=O) groups is 1. The summed E-state index contributed by atoms with van der Waals surface area (Å²) in [4.78, 5) is 14.5. The van der Waals surface area contributed by atoms with Crippen LogP contribution in [-0.2, 0) is 10.1 Å². The van der Waals surface area contributed by atoms with Gasteiger partial charge in [0, 0.05) is 21.9 Å². The largest absolute Gasteiger partial charge is 0.534 e. The van der Waals surface area contributed by atoms with Crippen LogP contribution in [0.1, 0.15) is 36.7 Å². The minimum atomic E-state index is -5.96. The second-order valence-corrected chi connectivity index (χ2v) is 8.52. The maximum absolute atomic E-state index is 13.0. The fourth-order valence-electron chi connectivity index (χ4n) is 3.21. The molecular weight excluding hydrogens is 439 g/mol. The summed E-state index contributed by atoms with van der Waals surface area (Å²) in [5.74, 6) is -0.107. The molecule has 1 heterocycles. The van der Waals surface area contributed by atoms with E-state index in [0.717, 1.165) is 0 Å². The highest BCUT2D eigenvalue weighted by molar-refractivity contribution is 7.88. The van der Waals surface area contributed by atoms with Crippen LogP contribution in [0.4, 0.5) is 13.2 Å². The van der Waals surface area contributed by atoms with E-state index in [-0.39, 0.29) is 40.5 Å². The molecule has 0 fully saturated rings. The molecule has 0 spiro atoms. The minimum Gasteiger partial charge on any atom is -0.493 e. The molecule has 0 bridgehead atoms. The molecule has 2 aromatic carbocycles. The van der Waals surface area contributed by atoms with E-state index in [1.165, 1.54) is 19.1 Å². The van der Waals surface area contributed by atoms with Crippen molar-refractivity contribution in [1.29, 1.82) is 0 Å². The smallest absolute Gasteiger partial charge is 0.493 e. The van der Waals surface area contributed by atoms with Gasteiger partial charge in [-0.1, -0.05) is 0 Å². The lowest BCUT2D eigenvalue weighted by atomic mass is 10.0. The molecule has 0 aliphatic rings. The summed E-state index contributed by atoms with van der Waals surface area (Å²) in [6, 6.07) is 4.57. The summed E-state index contributed by atoms with van der Waals surface area (Å²) < 4.78 is 78.3. The van der Waals surface area contributed by atoms with Crippen LogP contribution in [-0.4, -0.2) is 37.9 Å². The van der Waals surface area contributed by atoms with Gasteiger partial charge < -0.3 is 18.6 Å². The number of aromatic amines is 1. The molecule has 11 heteroatoms. The van der Waals surface area contributed by atoms with Gasteiger partial charge in [0.2, 0.25) is 0 Å². The summed E-state index contributed by atoms with van der Waals surface area (Å²) in [7, 11) is -5.96. The summed E-state index contributed by atoms with van der Waals surface area (Å²) in [5.41, 5.74) is -5.07. The molecule has 0 amide bonds. The number of aromatic nitrogens is 1. The predicted molar refractivity (Wildman–Crippen MR) is 108 cm³/mol. The first-order valence-electron chi connectivity index (χ1n) is 9.28. The van der Waals surface area contributed by atoms with Gasteiger partial charge in [-0.2, -0.15) is 21.6 Å². The van der Waals surface area contributed by atoms with Crippen molar-refractivity contribution in [1.82, 2.24) is 4.98 Å². The second kappa shape index (κ2) is 7.95. The van der Waals surface area contributed by atoms with Crippen LogP contribution in [0.5, 0.6) is 17.2 Å². The van der Waals surface area contributed by atoms with Crippen LogP contribution in [0.15, 0.2) is 18.2 Å². The number of halogens is 3. The molecule has 1 aromatic heterocycles. The molecule has 3 rings (SSSR count). The fraction of sp³-hybridized carbons (Fsp3) is 0.350. The number of carbonyl (C=O) groups excluding carboxylic acids is 1. The number of benzene rings is 2. The number of aldehydes is 1.